The Kier molecular flexibility index (Phi) is 5.59. The molecule has 35 heavy (non-hydrogen) atoms. The number of carbonyl (C=O) groups excluding carboxylic acids is 2. The van der Waals surface area contributed by atoms with Gasteiger partial charge in [0.2, 0.25) is 5.13 Å². The Hall–Kier alpha value is -3.72. The van der Waals surface area contributed by atoms with Crippen molar-refractivity contribution in [3.63, 3.8) is 0 Å². The van der Waals surface area contributed by atoms with E-state index >= 15 is 0 Å². The van der Waals surface area contributed by atoms with Crippen molar-refractivity contribution in [2.75, 3.05) is 18.1 Å². The SMILES string of the molecule is Cc1nnc(N2C(=O)C(=O)/C(=C(/O)c3ccc4c(c3)OCCO4)[C@@H]2c2ccc(C(C)(C)C)cc2)s1. The monoisotopic (exact) mass is 491 g/mol. The molecule has 0 radical (unpaired) electrons. The molecule has 0 bridgehead atoms. The number of fused-ring (bicyclic) bond motifs is 1. The number of ketones is 1. The molecule has 9 heteroatoms. The Morgan fingerprint density at radius 2 is 1.71 bits per heavy atom. The third-order valence-electron chi connectivity index (χ3n) is 6.07. The minimum absolute atomic E-state index is 0.0111. The van der Waals surface area contributed by atoms with Gasteiger partial charge in [-0.2, -0.15) is 0 Å². The fraction of sp³-hybridized carbons (Fsp3) is 0.308. The summed E-state index contributed by atoms with van der Waals surface area (Å²) in [5, 5.41) is 20.5. The molecule has 1 N–H and O–H groups in total. The lowest BCUT2D eigenvalue weighted by molar-refractivity contribution is -0.132. The fourth-order valence-electron chi connectivity index (χ4n) is 4.24. The molecule has 1 aromatic heterocycles. The predicted octanol–water partition coefficient (Wildman–Crippen LogP) is 4.54. The van der Waals surface area contributed by atoms with Gasteiger partial charge in [0, 0.05) is 5.56 Å². The summed E-state index contributed by atoms with van der Waals surface area (Å²) in [4.78, 5) is 27.9. The number of nitrogens with zero attached hydrogens (tertiary/aromatic N) is 3. The van der Waals surface area contributed by atoms with Crippen LogP contribution in [0.3, 0.4) is 0 Å². The lowest BCUT2D eigenvalue weighted by atomic mass is 9.85. The quantitative estimate of drug-likeness (QED) is 0.326. The van der Waals surface area contributed by atoms with Crippen LogP contribution in [0.15, 0.2) is 48.0 Å². The molecule has 3 heterocycles. The van der Waals surface area contributed by atoms with Gasteiger partial charge in [-0.05, 0) is 41.7 Å². The Balaban J connectivity index is 1.67. The van der Waals surface area contributed by atoms with Gasteiger partial charge in [-0.25, -0.2) is 0 Å². The van der Waals surface area contributed by atoms with Crippen molar-refractivity contribution in [2.45, 2.75) is 39.2 Å². The van der Waals surface area contributed by atoms with Crippen LogP contribution in [0.4, 0.5) is 5.13 Å². The predicted molar refractivity (Wildman–Crippen MR) is 132 cm³/mol. The molecule has 180 valence electrons. The van der Waals surface area contributed by atoms with E-state index in [0.29, 0.717) is 46.0 Å². The highest BCUT2D eigenvalue weighted by atomic mass is 32.1. The van der Waals surface area contributed by atoms with Crippen LogP contribution < -0.4 is 14.4 Å². The zero-order valence-corrected chi connectivity index (χ0v) is 20.7. The number of ether oxygens (including phenoxy) is 2. The van der Waals surface area contributed by atoms with Crippen LogP contribution in [0.2, 0.25) is 0 Å². The highest BCUT2D eigenvalue weighted by Crippen LogP contribution is 2.44. The number of aromatic nitrogens is 2. The number of Topliss-reactive ketones (excluding diaryl/α,β-unsaturated/α-hetero) is 1. The van der Waals surface area contributed by atoms with Crippen molar-refractivity contribution >= 4 is 33.9 Å². The number of aryl methyl sites for hydroxylation is 1. The average Bonchev–Trinajstić information content (AvgIpc) is 3.38. The summed E-state index contributed by atoms with van der Waals surface area (Å²) in [5.74, 6) is -0.790. The number of aliphatic hydroxyl groups is 1. The zero-order valence-electron chi connectivity index (χ0n) is 19.9. The molecule has 2 aromatic carbocycles. The van der Waals surface area contributed by atoms with Crippen molar-refractivity contribution in [2.24, 2.45) is 0 Å². The molecular formula is C26H25N3O5S. The van der Waals surface area contributed by atoms with Gasteiger partial charge in [-0.15, -0.1) is 10.2 Å². The fourth-order valence-corrected chi connectivity index (χ4v) is 4.95. The van der Waals surface area contributed by atoms with E-state index in [2.05, 4.69) is 31.0 Å². The first-order valence-electron chi connectivity index (χ1n) is 11.3. The zero-order chi connectivity index (χ0) is 24.9. The molecule has 8 nitrogen and oxygen atoms in total. The lowest BCUT2D eigenvalue weighted by Gasteiger charge is -2.24. The molecule has 0 aliphatic carbocycles. The summed E-state index contributed by atoms with van der Waals surface area (Å²) < 4.78 is 11.2. The van der Waals surface area contributed by atoms with E-state index in [9.17, 15) is 14.7 Å². The first-order chi connectivity index (χ1) is 16.6. The molecule has 0 spiro atoms. The second-order valence-corrected chi connectivity index (χ2v) is 10.7. The van der Waals surface area contributed by atoms with E-state index in [1.54, 1.807) is 25.1 Å². The van der Waals surface area contributed by atoms with Gasteiger partial charge in [0.15, 0.2) is 11.5 Å². The molecule has 1 fully saturated rings. The van der Waals surface area contributed by atoms with Gasteiger partial charge in [0.1, 0.15) is 24.0 Å². The molecule has 2 aliphatic rings. The van der Waals surface area contributed by atoms with Gasteiger partial charge in [0.25, 0.3) is 5.78 Å². The van der Waals surface area contributed by atoms with Crippen molar-refractivity contribution in [1.82, 2.24) is 10.2 Å². The molecule has 1 amide bonds. The minimum atomic E-state index is -0.857. The largest absolute Gasteiger partial charge is 0.507 e. The summed E-state index contributed by atoms with van der Waals surface area (Å²) in [7, 11) is 0. The lowest BCUT2D eigenvalue weighted by Crippen LogP contribution is -2.29. The van der Waals surface area contributed by atoms with Crippen LogP contribution in [-0.4, -0.2) is 40.2 Å². The smallest absolute Gasteiger partial charge is 0.301 e. The number of hydrogen-bond donors (Lipinski definition) is 1. The number of benzene rings is 2. The molecule has 0 unspecified atom stereocenters. The maximum Gasteiger partial charge on any atom is 0.301 e. The minimum Gasteiger partial charge on any atom is -0.507 e. The van der Waals surface area contributed by atoms with E-state index in [1.807, 2.05) is 24.3 Å². The third kappa shape index (κ3) is 4.05. The third-order valence-corrected chi connectivity index (χ3v) is 6.91. The van der Waals surface area contributed by atoms with Gasteiger partial charge in [0.05, 0.1) is 11.6 Å². The maximum absolute atomic E-state index is 13.3. The number of anilines is 1. The standard InChI is InChI=1S/C26H25N3O5S/c1-14-27-28-25(35-14)29-21(15-5-8-17(9-6-15)26(2,3)4)20(23(31)24(29)32)22(30)16-7-10-18-19(13-16)34-12-11-33-18/h5-10,13,21,30H,11-12H2,1-4H3/b22-20+/t21-/m0/s1. The highest BCUT2D eigenvalue weighted by Gasteiger charge is 2.48. The van der Waals surface area contributed by atoms with Crippen LogP contribution >= 0.6 is 11.3 Å². The molecule has 0 saturated carbocycles. The highest BCUT2D eigenvalue weighted by molar-refractivity contribution is 7.15. The topological polar surface area (TPSA) is 102 Å². The molecule has 1 atom stereocenters. The van der Waals surface area contributed by atoms with Crippen molar-refractivity contribution in [3.05, 3.63) is 69.7 Å². The molecule has 2 aliphatic heterocycles. The van der Waals surface area contributed by atoms with E-state index in [-0.39, 0.29) is 16.7 Å². The van der Waals surface area contributed by atoms with Gasteiger partial charge in [-0.3, -0.25) is 14.5 Å². The Morgan fingerprint density at radius 1 is 1.03 bits per heavy atom. The normalized spacial score (nSPS) is 19.3. The number of amides is 1. The Bertz CT molecular complexity index is 1350. The summed E-state index contributed by atoms with van der Waals surface area (Å²) in [5.41, 5.74) is 2.07. The summed E-state index contributed by atoms with van der Waals surface area (Å²) in [6.07, 6.45) is 0. The number of rotatable bonds is 3. The summed E-state index contributed by atoms with van der Waals surface area (Å²) in [6.45, 7) is 8.94. The first-order valence-corrected chi connectivity index (χ1v) is 12.1. The van der Waals surface area contributed by atoms with Crippen molar-refractivity contribution in [1.29, 1.82) is 0 Å². The van der Waals surface area contributed by atoms with E-state index in [0.717, 1.165) is 5.56 Å². The van der Waals surface area contributed by atoms with E-state index in [1.165, 1.54) is 16.2 Å². The number of aliphatic hydroxyl groups excluding tert-OH is 1. The van der Waals surface area contributed by atoms with Crippen LogP contribution in [0.1, 0.15) is 48.5 Å². The second-order valence-electron chi connectivity index (χ2n) is 9.50. The van der Waals surface area contributed by atoms with E-state index < -0.39 is 17.7 Å². The molecular weight excluding hydrogens is 466 g/mol. The summed E-state index contributed by atoms with van der Waals surface area (Å²) >= 11 is 1.21. The van der Waals surface area contributed by atoms with Crippen LogP contribution in [-0.2, 0) is 15.0 Å². The Labute approximate surface area is 206 Å². The average molecular weight is 492 g/mol. The van der Waals surface area contributed by atoms with Gasteiger partial charge in [-0.1, -0.05) is 56.4 Å². The van der Waals surface area contributed by atoms with Gasteiger partial charge >= 0.3 is 5.91 Å². The molecule has 3 aromatic rings. The Morgan fingerprint density at radius 3 is 2.34 bits per heavy atom. The molecule has 5 rings (SSSR count). The summed E-state index contributed by atoms with van der Waals surface area (Å²) in [6, 6.07) is 11.8. The van der Waals surface area contributed by atoms with Crippen molar-refractivity contribution < 1.29 is 24.2 Å². The maximum atomic E-state index is 13.3. The van der Waals surface area contributed by atoms with Gasteiger partial charge < -0.3 is 14.6 Å². The van der Waals surface area contributed by atoms with Crippen LogP contribution in [0.25, 0.3) is 5.76 Å². The van der Waals surface area contributed by atoms with Crippen LogP contribution in [0, 0.1) is 6.92 Å². The second kappa shape index (κ2) is 8.49. The molecule has 1 saturated heterocycles. The van der Waals surface area contributed by atoms with E-state index in [4.69, 9.17) is 9.47 Å². The van der Waals surface area contributed by atoms with Crippen LogP contribution in [0.5, 0.6) is 11.5 Å². The van der Waals surface area contributed by atoms with Crippen molar-refractivity contribution in [3.8, 4) is 11.5 Å². The number of hydrogen-bond acceptors (Lipinski definition) is 8. The number of carbonyl (C=O) groups is 2. The first kappa shape index (κ1) is 23.0.